The van der Waals surface area contributed by atoms with Crippen LogP contribution in [0.4, 0.5) is 0 Å². The Labute approximate surface area is 148 Å². The maximum atomic E-state index is 12.7. The molecule has 3 rings (SSSR count). The van der Waals surface area contributed by atoms with Gasteiger partial charge in [0.1, 0.15) is 4.70 Å². The number of hydrogen-bond donors (Lipinski definition) is 0. The van der Waals surface area contributed by atoms with Gasteiger partial charge in [0.25, 0.3) is 5.56 Å². The number of methoxy groups -OCH3 is 1. The molecule has 0 saturated heterocycles. The van der Waals surface area contributed by atoms with E-state index in [9.17, 15) is 4.79 Å². The second kappa shape index (κ2) is 7.79. The molecule has 124 valence electrons. The van der Waals surface area contributed by atoms with Crippen molar-refractivity contribution in [1.82, 2.24) is 9.55 Å². The van der Waals surface area contributed by atoms with Crippen LogP contribution in [-0.2, 0) is 17.0 Å². The van der Waals surface area contributed by atoms with Crippen LogP contribution in [0.25, 0.3) is 16.3 Å². The Hall–Kier alpha value is -1.89. The number of fused-ring (bicyclic) bond motifs is 1. The lowest BCUT2D eigenvalue weighted by Crippen LogP contribution is -2.24. The van der Waals surface area contributed by atoms with Gasteiger partial charge in [-0.05, 0) is 22.6 Å². The molecule has 0 amide bonds. The molecule has 0 aliphatic carbocycles. The molecule has 3 aromatic rings. The van der Waals surface area contributed by atoms with Crippen molar-refractivity contribution in [2.24, 2.45) is 0 Å². The molecular formula is C18H18N2O2S2. The Bertz CT molecular complexity index is 898. The monoisotopic (exact) mass is 358 g/mol. The lowest BCUT2D eigenvalue weighted by Gasteiger charge is -2.11. The first-order valence-electron chi connectivity index (χ1n) is 7.54. The van der Waals surface area contributed by atoms with Crippen molar-refractivity contribution in [3.63, 3.8) is 0 Å². The van der Waals surface area contributed by atoms with Crippen LogP contribution in [0.1, 0.15) is 11.1 Å². The van der Waals surface area contributed by atoms with Crippen LogP contribution in [0.2, 0.25) is 0 Å². The molecule has 0 aliphatic rings. The molecule has 4 nitrogen and oxygen atoms in total. The summed E-state index contributed by atoms with van der Waals surface area (Å²) in [4.78, 5) is 17.3. The highest BCUT2D eigenvalue weighted by atomic mass is 32.2. The second-order valence-electron chi connectivity index (χ2n) is 5.21. The Balaban J connectivity index is 1.88. The third-order valence-electron chi connectivity index (χ3n) is 3.63. The van der Waals surface area contributed by atoms with Gasteiger partial charge in [0.05, 0.1) is 18.7 Å². The molecule has 0 atom stereocenters. The summed E-state index contributed by atoms with van der Waals surface area (Å²) in [6.07, 6.45) is 1.82. The zero-order valence-electron chi connectivity index (χ0n) is 13.4. The van der Waals surface area contributed by atoms with Crippen LogP contribution < -0.4 is 5.56 Å². The lowest BCUT2D eigenvalue weighted by molar-refractivity contribution is 0.183. The molecule has 0 bridgehead atoms. The van der Waals surface area contributed by atoms with Gasteiger partial charge in [0.2, 0.25) is 0 Å². The third kappa shape index (κ3) is 3.61. The van der Waals surface area contributed by atoms with E-state index >= 15 is 0 Å². The maximum Gasteiger partial charge on any atom is 0.272 e. The number of rotatable bonds is 7. The number of hydrogen-bond acceptors (Lipinski definition) is 5. The molecule has 0 radical (unpaired) electrons. The summed E-state index contributed by atoms with van der Waals surface area (Å²) in [6, 6.07) is 10.1. The number of aromatic nitrogens is 2. The van der Waals surface area contributed by atoms with Crippen molar-refractivity contribution in [3.05, 3.63) is 63.8 Å². The molecule has 0 aliphatic heterocycles. The van der Waals surface area contributed by atoms with E-state index in [4.69, 9.17) is 4.74 Å². The second-order valence-corrected chi connectivity index (χ2v) is 7.07. The average Bonchev–Trinajstić information content (AvgIpc) is 3.08. The predicted molar refractivity (Wildman–Crippen MR) is 102 cm³/mol. The molecule has 0 unspecified atom stereocenters. The van der Waals surface area contributed by atoms with Crippen molar-refractivity contribution >= 4 is 39.4 Å². The van der Waals surface area contributed by atoms with Crippen molar-refractivity contribution in [2.75, 3.05) is 13.7 Å². The third-order valence-corrected chi connectivity index (χ3v) is 5.57. The largest absolute Gasteiger partial charge is 0.383 e. The van der Waals surface area contributed by atoms with Gasteiger partial charge in [-0.3, -0.25) is 9.36 Å². The average molecular weight is 358 g/mol. The van der Waals surface area contributed by atoms with Gasteiger partial charge in [-0.25, -0.2) is 4.98 Å². The fourth-order valence-corrected chi connectivity index (χ4v) is 4.07. The molecular weight excluding hydrogens is 340 g/mol. The van der Waals surface area contributed by atoms with Crippen LogP contribution >= 0.6 is 23.1 Å². The van der Waals surface area contributed by atoms with Crippen molar-refractivity contribution < 1.29 is 4.74 Å². The fraction of sp³-hybridized carbons (Fsp3) is 0.222. The van der Waals surface area contributed by atoms with Gasteiger partial charge in [-0.1, -0.05) is 48.7 Å². The highest BCUT2D eigenvalue weighted by Gasteiger charge is 2.12. The summed E-state index contributed by atoms with van der Waals surface area (Å²) >= 11 is 3.01. The lowest BCUT2D eigenvalue weighted by atomic mass is 10.1. The van der Waals surface area contributed by atoms with Crippen molar-refractivity contribution in [3.8, 4) is 0 Å². The summed E-state index contributed by atoms with van der Waals surface area (Å²) in [5.74, 6) is 0.756. The standard InChI is InChI=1S/C18H18N2O2S2/c1-3-13-4-6-14(7-5-13)12-24-18-19-15-8-11-23-16(15)17(21)20(18)9-10-22-2/h3-8,11H,1,9-10,12H2,2H3. The SMILES string of the molecule is C=Cc1ccc(CSc2nc3ccsc3c(=O)n2CCOC)cc1. The van der Waals surface area contributed by atoms with Crippen molar-refractivity contribution in [1.29, 1.82) is 0 Å². The summed E-state index contributed by atoms with van der Waals surface area (Å²) in [5.41, 5.74) is 3.06. The van der Waals surface area contributed by atoms with Crippen LogP contribution in [0.5, 0.6) is 0 Å². The summed E-state index contributed by atoms with van der Waals surface area (Å²) in [5, 5.41) is 2.64. The van der Waals surface area contributed by atoms with E-state index in [1.54, 1.807) is 23.4 Å². The van der Waals surface area contributed by atoms with E-state index in [0.717, 1.165) is 22.0 Å². The number of ether oxygens (including phenoxy) is 1. The Morgan fingerprint density at radius 3 is 2.83 bits per heavy atom. The minimum absolute atomic E-state index is 0.0107. The Kier molecular flexibility index (Phi) is 5.50. The number of thioether (sulfide) groups is 1. The fourth-order valence-electron chi connectivity index (χ4n) is 2.31. The Morgan fingerprint density at radius 2 is 2.12 bits per heavy atom. The van der Waals surface area contributed by atoms with Gasteiger partial charge >= 0.3 is 0 Å². The molecule has 0 saturated carbocycles. The van der Waals surface area contributed by atoms with E-state index in [1.165, 1.54) is 16.9 Å². The molecule has 2 heterocycles. The van der Waals surface area contributed by atoms with Gasteiger partial charge in [-0.2, -0.15) is 0 Å². The van der Waals surface area contributed by atoms with Gasteiger partial charge < -0.3 is 4.74 Å². The molecule has 24 heavy (non-hydrogen) atoms. The molecule has 6 heteroatoms. The highest BCUT2D eigenvalue weighted by Crippen LogP contribution is 2.24. The van der Waals surface area contributed by atoms with E-state index in [-0.39, 0.29) is 5.56 Å². The minimum Gasteiger partial charge on any atom is -0.383 e. The molecule has 0 N–H and O–H groups in total. The normalized spacial score (nSPS) is 11.0. The number of benzene rings is 1. The van der Waals surface area contributed by atoms with E-state index < -0.39 is 0 Å². The first-order valence-corrected chi connectivity index (χ1v) is 9.40. The predicted octanol–water partition coefficient (Wildman–Crippen LogP) is 4.04. The Morgan fingerprint density at radius 1 is 1.33 bits per heavy atom. The summed E-state index contributed by atoms with van der Waals surface area (Å²) < 4.78 is 7.55. The van der Waals surface area contributed by atoms with E-state index in [2.05, 4.69) is 23.7 Å². The first kappa shape index (κ1) is 17.0. The summed E-state index contributed by atoms with van der Waals surface area (Å²) in [6.45, 7) is 4.76. The maximum absolute atomic E-state index is 12.7. The number of nitrogens with zero attached hydrogens (tertiary/aromatic N) is 2. The van der Waals surface area contributed by atoms with Gasteiger partial charge in [0, 0.05) is 12.9 Å². The first-order chi connectivity index (χ1) is 11.7. The van der Waals surface area contributed by atoms with Crippen LogP contribution in [0, 0.1) is 0 Å². The van der Waals surface area contributed by atoms with Gasteiger partial charge in [-0.15, -0.1) is 11.3 Å². The van der Waals surface area contributed by atoms with E-state index in [0.29, 0.717) is 17.9 Å². The molecule has 1 aromatic carbocycles. The van der Waals surface area contributed by atoms with Gasteiger partial charge in [0.15, 0.2) is 5.16 Å². The van der Waals surface area contributed by atoms with E-state index in [1.807, 2.05) is 29.7 Å². The topological polar surface area (TPSA) is 44.1 Å². The zero-order valence-corrected chi connectivity index (χ0v) is 15.0. The smallest absolute Gasteiger partial charge is 0.272 e. The van der Waals surface area contributed by atoms with Crippen molar-refractivity contribution in [2.45, 2.75) is 17.5 Å². The zero-order chi connectivity index (χ0) is 16.9. The highest BCUT2D eigenvalue weighted by molar-refractivity contribution is 7.98. The van der Waals surface area contributed by atoms with Crippen LogP contribution in [0.3, 0.4) is 0 Å². The molecule has 0 spiro atoms. The van der Waals surface area contributed by atoms with Crippen LogP contribution in [0.15, 0.2) is 52.2 Å². The minimum atomic E-state index is 0.0107. The number of thiophene rings is 1. The molecule has 2 aromatic heterocycles. The van der Waals surface area contributed by atoms with Crippen LogP contribution in [-0.4, -0.2) is 23.3 Å². The summed E-state index contributed by atoms with van der Waals surface area (Å²) in [7, 11) is 1.64. The quantitative estimate of drug-likeness (QED) is 0.472. The molecule has 0 fully saturated rings.